The fraction of sp³-hybridized carbons (Fsp3) is 0.300. The Morgan fingerprint density at radius 3 is 1.89 bits per heavy atom. The average molecular weight is 587 g/mol. The van der Waals surface area contributed by atoms with Crippen molar-refractivity contribution >= 4 is 66.5 Å². The summed E-state index contributed by atoms with van der Waals surface area (Å²) in [6, 6.07) is 25.7. The van der Waals surface area contributed by atoms with Crippen LogP contribution in [0.3, 0.4) is 0 Å². The average Bonchev–Trinajstić information content (AvgIpc) is 3.54. The van der Waals surface area contributed by atoms with Gasteiger partial charge >= 0.3 is 0 Å². The van der Waals surface area contributed by atoms with Gasteiger partial charge in [0.15, 0.2) is 0 Å². The van der Waals surface area contributed by atoms with Crippen LogP contribution in [0.2, 0.25) is 0 Å². The molecule has 0 bridgehead atoms. The predicted octanol–water partition coefficient (Wildman–Crippen LogP) is 7.91. The lowest BCUT2D eigenvalue weighted by Crippen LogP contribution is -2.56. The second-order valence-electron chi connectivity index (χ2n) is 16.5. The Balaban J connectivity index is 1.58. The van der Waals surface area contributed by atoms with Gasteiger partial charge in [0.2, 0.25) is 0 Å². The van der Waals surface area contributed by atoms with Gasteiger partial charge in [-0.1, -0.05) is 111 Å². The Bertz CT molecular complexity index is 2440. The molecule has 0 aliphatic carbocycles. The van der Waals surface area contributed by atoms with Crippen molar-refractivity contribution in [3.8, 4) is 16.8 Å². The van der Waals surface area contributed by atoms with Crippen LogP contribution in [0.5, 0.6) is 0 Å². The van der Waals surface area contributed by atoms with Gasteiger partial charge < -0.3 is 0 Å². The number of aromatic nitrogens is 4. The van der Waals surface area contributed by atoms with Gasteiger partial charge in [-0.25, -0.2) is 4.68 Å². The maximum absolute atomic E-state index is 5.49. The Labute approximate surface area is 264 Å². The van der Waals surface area contributed by atoms with Gasteiger partial charge in [0.1, 0.15) is 0 Å². The number of benzene rings is 5. The molecule has 2 aromatic heterocycles. The topological polar surface area (TPSA) is 46.5 Å². The van der Waals surface area contributed by atoms with Crippen LogP contribution in [-0.4, -0.2) is 26.7 Å². The molecule has 45 heavy (non-hydrogen) atoms. The molecule has 9 rings (SSSR count). The number of fused-ring (bicyclic) bond motifs is 7. The normalized spacial score (nSPS) is 14.3. The lowest BCUT2D eigenvalue weighted by molar-refractivity contribution is 0.564. The number of hydrogen-bond acceptors (Lipinski definition) is 2. The van der Waals surface area contributed by atoms with Crippen LogP contribution in [0.15, 0.2) is 66.7 Å². The summed E-state index contributed by atoms with van der Waals surface area (Å²) in [7, 11) is 0. The smallest absolute Gasteiger partial charge is 0.251 e. The van der Waals surface area contributed by atoms with E-state index in [0.717, 1.165) is 16.9 Å². The molecule has 1 N–H and O–H groups in total. The molecular weight excluding hydrogens is 547 g/mol. The SMILES string of the molecule is CC(C)(C)c1ccc2c(c1)-n1nc(C(C)(C)C)c3cc4cccc5c4c(c31)B2c1c2[nH]nc(C(C)(C)C)c2cc2cccc-5c12. The van der Waals surface area contributed by atoms with E-state index in [1.165, 1.54) is 76.6 Å². The molecule has 0 amide bonds. The van der Waals surface area contributed by atoms with Gasteiger partial charge in [-0.2, -0.15) is 10.2 Å². The molecule has 7 aromatic rings. The highest BCUT2D eigenvalue weighted by Gasteiger charge is 2.42. The molecule has 0 saturated heterocycles. The van der Waals surface area contributed by atoms with Crippen molar-refractivity contribution in [2.24, 2.45) is 0 Å². The minimum atomic E-state index is -0.116. The van der Waals surface area contributed by atoms with Crippen LogP contribution in [0.25, 0.3) is 60.2 Å². The first-order valence-corrected chi connectivity index (χ1v) is 16.3. The minimum Gasteiger partial charge on any atom is -0.278 e. The molecule has 0 unspecified atom stereocenters. The third kappa shape index (κ3) is 3.44. The molecule has 0 spiro atoms. The molecule has 0 radical (unpaired) electrons. The molecule has 5 heteroatoms. The van der Waals surface area contributed by atoms with Crippen LogP contribution in [0, 0.1) is 0 Å². The Morgan fingerprint density at radius 1 is 0.644 bits per heavy atom. The van der Waals surface area contributed by atoms with Crippen molar-refractivity contribution in [1.29, 1.82) is 0 Å². The summed E-state index contributed by atoms with van der Waals surface area (Å²) in [4.78, 5) is 0. The fourth-order valence-electron chi connectivity index (χ4n) is 8.27. The first-order chi connectivity index (χ1) is 21.2. The van der Waals surface area contributed by atoms with Crippen molar-refractivity contribution in [3.63, 3.8) is 0 Å². The van der Waals surface area contributed by atoms with Crippen LogP contribution in [0.4, 0.5) is 0 Å². The van der Waals surface area contributed by atoms with E-state index in [0.29, 0.717) is 0 Å². The Hall–Kier alpha value is -4.38. The first-order valence-electron chi connectivity index (χ1n) is 16.3. The van der Waals surface area contributed by atoms with Crippen molar-refractivity contribution in [2.45, 2.75) is 78.6 Å². The van der Waals surface area contributed by atoms with Crippen molar-refractivity contribution < 1.29 is 0 Å². The third-order valence-electron chi connectivity index (χ3n) is 10.3. The zero-order valence-corrected chi connectivity index (χ0v) is 27.8. The number of nitrogens with zero attached hydrogens (tertiary/aromatic N) is 3. The molecule has 4 nitrogen and oxygen atoms in total. The van der Waals surface area contributed by atoms with Crippen LogP contribution in [-0.2, 0) is 16.2 Å². The monoisotopic (exact) mass is 586 g/mol. The number of hydrogen-bond donors (Lipinski definition) is 1. The van der Waals surface area contributed by atoms with Gasteiger partial charge in [-0.05, 0) is 78.2 Å². The quantitative estimate of drug-likeness (QED) is 0.184. The van der Waals surface area contributed by atoms with Gasteiger partial charge in [-0.3, -0.25) is 5.10 Å². The van der Waals surface area contributed by atoms with E-state index >= 15 is 0 Å². The van der Waals surface area contributed by atoms with E-state index in [4.69, 9.17) is 10.2 Å². The molecule has 4 heterocycles. The standard InChI is InChI=1S/C40H39BN4/c1-38(2,3)23-16-17-28-29(20-23)45-35-27(37(44-45)40(7,8)9)19-22-13-11-15-25-24-14-10-12-21-18-26-34(42-43-36(26)39(4,5)6)32(30(21)24)41(28)33(35)31(22)25/h10-20H,1-9H3,(H,42,43). The second kappa shape index (κ2) is 8.25. The molecule has 0 saturated carbocycles. The maximum Gasteiger partial charge on any atom is 0.251 e. The molecule has 2 aliphatic heterocycles. The first kappa shape index (κ1) is 27.0. The fourth-order valence-corrected chi connectivity index (χ4v) is 8.27. The molecule has 2 aliphatic rings. The summed E-state index contributed by atoms with van der Waals surface area (Å²) in [6.45, 7) is 20.6. The highest BCUT2D eigenvalue weighted by Crippen LogP contribution is 2.43. The van der Waals surface area contributed by atoms with Gasteiger partial charge in [-0.15, -0.1) is 0 Å². The van der Waals surface area contributed by atoms with E-state index in [-0.39, 0.29) is 23.0 Å². The number of H-pyrrole nitrogens is 1. The van der Waals surface area contributed by atoms with Crippen LogP contribution < -0.4 is 16.4 Å². The third-order valence-corrected chi connectivity index (χ3v) is 10.3. The number of nitrogens with one attached hydrogen (secondary N) is 1. The maximum atomic E-state index is 5.49. The number of aromatic amines is 1. The zero-order valence-electron chi connectivity index (χ0n) is 27.8. The van der Waals surface area contributed by atoms with Gasteiger partial charge in [0.05, 0.1) is 28.1 Å². The highest BCUT2D eigenvalue weighted by molar-refractivity contribution is 7.02. The molecule has 222 valence electrons. The summed E-state index contributed by atoms with van der Waals surface area (Å²) in [5, 5.41) is 21.8. The predicted molar refractivity (Wildman–Crippen MR) is 192 cm³/mol. The van der Waals surface area contributed by atoms with Gasteiger partial charge in [0.25, 0.3) is 6.71 Å². The van der Waals surface area contributed by atoms with E-state index < -0.39 is 0 Å². The zero-order chi connectivity index (χ0) is 31.4. The minimum absolute atomic E-state index is 0.0132. The molecule has 0 atom stereocenters. The summed E-state index contributed by atoms with van der Waals surface area (Å²) < 4.78 is 2.30. The second-order valence-corrected chi connectivity index (χ2v) is 16.5. The Morgan fingerprint density at radius 2 is 1.27 bits per heavy atom. The van der Waals surface area contributed by atoms with Gasteiger partial charge in [0, 0.05) is 21.6 Å². The molecular formula is C40H39BN4. The highest BCUT2D eigenvalue weighted by atomic mass is 15.3. The van der Waals surface area contributed by atoms with E-state index in [2.05, 4.69) is 139 Å². The van der Waals surface area contributed by atoms with Crippen molar-refractivity contribution in [3.05, 3.63) is 83.7 Å². The van der Waals surface area contributed by atoms with Crippen molar-refractivity contribution in [2.75, 3.05) is 0 Å². The Kier molecular flexibility index (Phi) is 4.95. The summed E-state index contributed by atoms with van der Waals surface area (Å²) >= 11 is 0. The lowest BCUT2D eigenvalue weighted by atomic mass is 9.34. The summed E-state index contributed by atoms with van der Waals surface area (Å²) in [5.41, 5.74) is 13.6. The van der Waals surface area contributed by atoms with E-state index in [9.17, 15) is 0 Å². The lowest BCUT2D eigenvalue weighted by Gasteiger charge is -2.29. The largest absolute Gasteiger partial charge is 0.278 e. The summed E-state index contributed by atoms with van der Waals surface area (Å²) in [5.74, 6) is 0. The van der Waals surface area contributed by atoms with Crippen LogP contribution >= 0.6 is 0 Å². The van der Waals surface area contributed by atoms with E-state index in [1.54, 1.807) is 0 Å². The van der Waals surface area contributed by atoms with Crippen LogP contribution in [0.1, 0.15) is 79.3 Å². The molecule has 5 aromatic carbocycles. The van der Waals surface area contributed by atoms with Crippen molar-refractivity contribution in [1.82, 2.24) is 20.0 Å². The number of rotatable bonds is 0. The molecule has 0 fully saturated rings. The van der Waals surface area contributed by atoms with E-state index in [1.807, 2.05) is 0 Å². The summed E-state index contributed by atoms with van der Waals surface area (Å²) in [6.07, 6.45) is 0.